The van der Waals surface area contributed by atoms with Crippen LogP contribution in [0, 0.1) is 26.7 Å². The summed E-state index contributed by atoms with van der Waals surface area (Å²) < 4.78 is 1.88. The fraction of sp³-hybridized carbons (Fsp3) is 0.483. The van der Waals surface area contributed by atoms with Crippen LogP contribution in [0.25, 0.3) is 17.2 Å². The fourth-order valence-electron chi connectivity index (χ4n) is 5.78. The van der Waals surface area contributed by atoms with Crippen LogP contribution >= 0.6 is 0 Å². The molecule has 3 aromatic heterocycles. The molecule has 198 valence electrons. The Bertz CT molecular complexity index is 1400. The molecule has 0 aliphatic carbocycles. The van der Waals surface area contributed by atoms with Gasteiger partial charge in [-0.3, -0.25) is 4.90 Å². The summed E-state index contributed by atoms with van der Waals surface area (Å²) in [6.07, 6.45) is 6.09. The van der Waals surface area contributed by atoms with Gasteiger partial charge in [0.2, 0.25) is 0 Å². The number of anilines is 1. The van der Waals surface area contributed by atoms with Crippen LogP contribution in [0.3, 0.4) is 0 Å². The number of rotatable bonds is 6. The molecule has 9 nitrogen and oxygen atoms in total. The summed E-state index contributed by atoms with van der Waals surface area (Å²) in [5.41, 5.74) is 7.00. The van der Waals surface area contributed by atoms with Gasteiger partial charge < -0.3 is 9.80 Å². The SMILES string of the molecule is Cc1nc2nc(C)c(C[C@@H]3CCN(c4cnc(-c5ccc(CN6CCN(C)CC6)cc5)nc4)C3)c(C)n2n1. The molecule has 2 saturated heterocycles. The van der Waals surface area contributed by atoms with E-state index in [1.165, 1.54) is 11.1 Å². The molecular weight excluding hydrogens is 474 g/mol. The number of piperazine rings is 1. The van der Waals surface area contributed by atoms with Crippen LogP contribution in [0.4, 0.5) is 5.69 Å². The zero-order chi connectivity index (χ0) is 26.2. The van der Waals surface area contributed by atoms with Crippen molar-refractivity contribution in [3.05, 3.63) is 65.0 Å². The topological polar surface area (TPSA) is 78.6 Å². The van der Waals surface area contributed by atoms with Gasteiger partial charge in [-0.15, -0.1) is 0 Å². The number of benzene rings is 1. The Labute approximate surface area is 224 Å². The van der Waals surface area contributed by atoms with E-state index in [0.29, 0.717) is 11.7 Å². The second-order valence-corrected chi connectivity index (χ2v) is 11.0. The molecular formula is C29H37N9. The smallest absolute Gasteiger partial charge is 0.252 e. The van der Waals surface area contributed by atoms with E-state index in [4.69, 9.17) is 15.0 Å². The highest BCUT2D eigenvalue weighted by Gasteiger charge is 2.26. The van der Waals surface area contributed by atoms with E-state index in [2.05, 4.69) is 69.9 Å². The highest BCUT2D eigenvalue weighted by Crippen LogP contribution is 2.28. The van der Waals surface area contributed by atoms with Crippen LogP contribution in [0.2, 0.25) is 0 Å². The predicted molar refractivity (Wildman–Crippen MR) is 149 cm³/mol. The third kappa shape index (κ3) is 5.13. The molecule has 9 heteroatoms. The van der Waals surface area contributed by atoms with Crippen LogP contribution in [-0.4, -0.2) is 85.7 Å². The zero-order valence-corrected chi connectivity index (χ0v) is 22.9. The Hall–Kier alpha value is -3.43. The van der Waals surface area contributed by atoms with E-state index in [0.717, 1.165) is 92.9 Å². The quantitative estimate of drug-likeness (QED) is 0.390. The molecule has 1 aromatic carbocycles. The number of hydrogen-bond donors (Lipinski definition) is 0. The Morgan fingerprint density at radius 3 is 2.37 bits per heavy atom. The molecule has 2 fully saturated rings. The van der Waals surface area contributed by atoms with E-state index in [1.54, 1.807) is 0 Å². The van der Waals surface area contributed by atoms with E-state index in [-0.39, 0.29) is 0 Å². The molecule has 6 rings (SSSR count). The third-order valence-electron chi connectivity index (χ3n) is 8.15. The van der Waals surface area contributed by atoms with Crippen molar-refractivity contribution < 1.29 is 0 Å². The first-order valence-corrected chi connectivity index (χ1v) is 13.7. The lowest BCUT2D eigenvalue weighted by molar-refractivity contribution is 0.148. The molecule has 0 bridgehead atoms. The highest BCUT2D eigenvalue weighted by molar-refractivity contribution is 5.57. The lowest BCUT2D eigenvalue weighted by atomic mass is 9.96. The molecule has 0 radical (unpaired) electrons. The van der Waals surface area contributed by atoms with E-state index >= 15 is 0 Å². The fourth-order valence-corrected chi connectivity index (χ4v) is 5.78. The molecule has 2 aliphatic heterocycles. The molecule has 0 spiro atoms. The lowest BCUT2D eigenvalue weighted by Crippen LogP contribution is -2.43. The van der Waals surface area contributed by atoms with Gasteiger partial charge in [-0.05, 0) is 57.7 Å². The molecule has 4 aromatic rings. The van der Waals surface area contributed by atoms with Crippen molar-refractivity contribution >= 4 is 11.5 Å². The molecule has 0 saturated carbocycles. The number of hydrogen-bond acceptors (Lipinski definition) is 8. The summed E-state index contributed by atoms with van der Waals surface area (Å²) in [5, 5.41) is 4.53. The number of likely N-dealkylation sites (N-methyl/N-ethyl adjacent to an activating group) is 1. The minimum atomic E-state index is 0.559. The van der Waals surface area contributed by atoms with Crippen LogP contribution < -0.4 is 4.90 Å². The molecule has 0 N–H and O–H groups in total. The standard InChI is InChI=1S/C29H37N9/c1-20-27(21(2)38-29(32-20)33-22(3)34-38)15-24-9-10-37(19-24)26-16-30-28(31-17-26)25-7-5-23(6-8-25)18-36-13-11-35(4)12-14-36/h5-8,16-17,24H,9-15,18-19H2,1-4H3/t24-/m0/s1. The van der Waals surface area contributed by atoms with E-state index in [1.807, 2.05) is 23.8 Å². The van der Waals surface area contributed by atoms with Gasteiger partial charge in [0.25, 0.3) is 5.78 Å². The average Bonchev–Trinajstić information content (AvgIpc) is 3.55. The maximum atomic E-state index is 4.72. The molecule has 1 atom stereocenters. The number of aryl methyl sites for hydroxylation is 3. The summed E-state index contributed by atoms with van der Waals surface area (Å²) in [5.74, 6) is 2.79. The second kappa shape index (κ2) is 10.4. The molecule has 38 heavy (non-hydrogen) atoms. The second-order valence-electron chi connectivity index (χ2n) is 11.0. The molecule has 2 aliphatic rings. The van der Waals surface area contributed by atoms with Gasteiger partial charge in [-0.1, -0.05) is 24.3 Å². The van der Waals surface area contributed by atoms with Crippen molar-refractivity contribution in [3.63, 3.8) is 0 Å². The number of fused-ring (bicyclic) bond motifs is 1. The first kappa shape index (κ1) is 24.9. The largest absolute Gasteiger partial charge is 0.369 e. The van der Waals surface area contributed by atoms with Crippen molar-refractivity contribution in [2.45, 2.75) is 40.2 Å². The molecule has 0 amide bonds. The Morgan fingerprint density at radius 1 is 0.895 bits per heavy atom. The van der Waals surface area contributed by atoms with Gasteiger partial charge >= 0.3 is 0 Å². The monoisotopic (exact) mass is 511 g/mol. The van der Waals surface area contributed by atoms with Crippen LogP contribution in [0.15, 0.2) is 36.7 Å². The van der Waals surface area contributed by atoms with Gasteiger partial charge in [0.1, 0.15) is 5.82 Å². The van der Waals surface area contributed by atoms with Gasteiger partial charge in [0, 0.05) is 62.8 Å². The summed E-state index contributed by atoms with van der Waals surface area (Å²) in [7, 11) is 2.20. The summed E-state index contributed by atoms with van der Waals surface area (Å²) in [4.78, 5) is 25.9. The van der Waals surface area contributed by atoms with Crippen molar-refractivity contribution in [2.75, 3.05) is 51.2 Å². The minimum Gasteiger partial charge on any atom is -0.369 e. The van der Waals surface area contributed by atoms with Crippen molar-refractivity contribution in [3.8, 4) is 11.4 Å². The zero-order valence-electron chi connectivity index (χ0n) is 22.9. The lowest BCUT2D eigenvalue weighted by Gasteiger charge is -2.32. The minimum absolute atomic E-state index is 0.559. The van der Waals surface area contributed by atoms with Gasteiger partial charge in [-0.25, -0.2) is 19.5 Å². The van der Waals surface area contributed by atoms with Crippen molar-refractivity contribution in [2.24, 2.45) is 5.92 Å². The van der Waals surface area contributed by atoms with E-state index in [9.17, 15) is 0 Å². The summed E-state index contributed by atoms with van der Waals surface area (Å²) in [6.45, 7) is 13.7. The Kier molecular flexibility index (Phi) is 6.80. The van der Waals surface area contributed by atoms with Crippen molar-refractivity contribution in [1.29, 1.82) is 0 Å². The van der Waals surface area contributed by atoms with Crippen LogP contribution in [0.5, 0.6) is 0 Å². The first-order valence-electron chi connectivity index (χ1n) is 13.7. The average molecular weight is 512 g/mol. The highest BCUT2D eigenvalue weighted by atomic mass is 15.3. The Balaban J connectivity index is 1.08. The summed E-state index contributed by atoms with van der Waals surface area (Å²) >= 11 is 0. The third-order valence-corrected chi connectivity index (χ3v) is 8.15. The predicted octanol–water partition coefficient (Wildman–Crippen LogP) is 3.32. The summed E-state index contributed by atoms with van der Waals surface area (Å²) in [6, 6.07) is 8.73. The number of nitrogens with zero attached hydrogens (tertiary/aromatic N) is 9. The van der Waals surface area contributed by atoms with Gasteiger partial charge in [0.15, 0.2) is 5.82 Å². The Morgan fingerprint density at radius 2 is 1.63 bits per heavy atom. The number of aromatic nitrogens is 6. The van der Waals surface area contributed by atoms with Crippen molar-refractivity contribution in [1.82, 2.24) is 39.3 Å². The maximum absolute atomic E-state index is 4.72. The van der Waals surface area contributed by atoms with E-state index < -0.39 is 0 Å². The maximum Gasteiger partial charge on any atom is 0.252 e. The van der Waals surface area contributed by atoms with Crippen LogP contribution in [0.1, 0.15) is 34.8 Å². The molecule has 0 unspecified atom stereocenters. The van der Waals surface area contributed by atoms with Gasteiger partial charge in [-0.2, -0.15) is 10.1 Å². The first-order chi connectivity index (χ1) is 18.4. The van der Waals surface area contributed by atoms with Crippen LogP contribution in [-0.2, 0) is 13.0 Å². The van der Waals surface area contributed by atoms with Gasteiger partial charge in [0.05, 0.1) is 18.1 Å². The normalized spacial score (nSPS) is 19.1. The molecule has 5 heterocycles.